The van der Waals surface area contributed by atoms with Crippen molar-refractivity contribution in [3.05, 3.63) is 71.8 Å². The van der Waals surface area contributed by atoms with E-state index in [0.717, 1.165) is 11.3 Å². The zero-order valence-electron chi connectivity index (χ0n) is 15.3. The summed E-state index contributed by atoms with van der Waals surface area (Å²) in [4.78, 5) is 15.2. The first-order valence-corrected chi connectivity index (χ1v) is 9.26. The summed E-state index contributed by atoms with van der Waals surface area (Å²) in [6.07, 6.45) is -0.424. The number of carbonyl (C=O) groups excluding carboxylic acids is 1. The Kier molecular flexibility index (Phi) is 3.37. The molecule has 0 saturated carbocycles. The Labute approximate surface area is 166 Å². The SMILES string of the molecule is O=C1c2ccccc2N[C@@H](c2ccc3c(c2)OCO3)N1c1ccc2c(c1)OCO2. The maximum absolute atomic E-state index is 13.5. The van der Waals surface area contributed by atoms with Crippen LogP contribution in [0.1, 0.15) is 22.1 Å². The van der Waals surface area contributed by atoms with Gasteiger partial charge in [-0.3, -0.25) is 9.69 Å². The highest BCUT2D eigenvalue weighted by molar-refractivity contribution is 6.12. The molecule has 7 heteroatoms. The summed E-state index contributed by atoms with van der Waals surface area (Å²) in [5, 5.41) is 3.49. The Morgan fingerprint density at radius 3 is 2.31 bits per heavy atom. The fourth-order valence-electron chi connectivity index (χ4n) is 3.87. The summed E-state index contributed by atoms with van der Waals surface area (Å²) in [6, 6.07) is 18.7. The van der Waals surface area contributed by atoms with E-state index in [4.69, 9.17) is 18.9 Å². The van der Waals surface area contributed by atoms with Gasteiger partial charge in [0.25, 0.3) is 5.91 Å². The van der Waals surface area contributed by atoms with Gasteiger partial charge >= 0.3 is 0 Å². The Balaban J connectivity index is 1.49. The molecule has 144 valence electrons. The van der Waals surface area contributed by atoms with Crippen molar-refractivity contribution < 1.29 is 23.7 Å². The Morgan fingerprint density at radius 2 is 1.48 bits per heavy atom. The lowest BCUT2D eigenvalue weighted by Gasteiger charge is -2.38. The number of benzene rings is 3. The number of fused-ring (bicyclic) bond motifs is 3. The first-order valence-electron chi connectivity index (χ1n) is 9.26. The molecule has 0 aromatic heterocycles. The van der Waals surface area contributed by atoms with E-state index >= 15 is 0 Å². The lowest BCUT2D eigenvalue weighted by Crippen LogP contribution is -2.43. The van der Waals surface area contributed by atoms with E-state index < -0.39 is 6.17 Å². The molecule has 0 radical (unpaired) electrons. The predicted molar refractivity (Wildman–Crippen MR) is 105 cm³/mol. The highest BCUT2D eigenvalue weighted by Crippen LogP contribution is 2.43. The predicted octanol–water partition coefficient (Wildman–Crippen LogP) is 3.92. The number of anilines is 2. The molecule has 0 fully saturated rings. The van der Waals surface area contributed by atoms with Crippen molar-refractivity contribution in [3.8, 4) is 23.0 Å². The minimum absolute atomic E-state index is 0.0964. The molecule has 3 aromatic rings. The monoisotopic (exact) mass is 388 g/mol. The van der Waals surface area contributed by atoms with Crippen LogP contribution in [0.25, 0.3) is 0 Å². The van der Waals surface area contributed by atoms with E-state index in [9.17, 15) is 4.79 Å². The van der Waals surface area contributed by atoms with Crippen LogP contribution in [0.3, 0.4) is 0 Å². The number of hydrogen-bond acceptors (Lipinski definition) is 6. The second-order valence-electron chi connectivity index (χ2n) is 6.92. The third-order valence-electron chi connectivity index (χ3n) is 5.27. The molecule has 29 heavy (non-hydrogen) atoms. The number of amides is 1. The van der Waals surface area contributed by atoms with Crippen LogP contribution in [-0.2, 0) is 0 Å². The van der Waals surface area contributed by atoms with Crippen LogP contribution in [0.4, 0.5) is 11.4 Å². The topological polar surface area (TPSA) is 69.3 Å². The van der Waals surface area contributed by atoms with Crippen LogP contribution in [0.5, 0.6) is 23.0 Å². The van der Waals surface area contributed by atoms with Gasteiger partial charge in [0, 0.05) is 11.8 Å². The van der Waals surface area contributed by atoms with Crippen molar-refractivity contribution >= 4 is 17.3 Å². The molecule has 0 saturated heterocycles. The lowest BCUT2D eigenvalue weighted by atomic mass is 10.0. The number of carbonyl (C=O) groups is 1. The van der Waals surface area contributed by atoms with Gasteiger partial charge in [-0.1, -0.05) is 18.2 Å². The van der Waals surface area contributed by atoms with E-state index in [2.05, 4.69) is 5.32 Å². The minimum Gasteiger partial charge on any atom is -0.454 e. The van der Waals surface area contributed by atoms with Crippen molar-refractivity contribution in [1.29, 1.82) is 0 Å². The second kappa shape index (κ2) is 6.07. The molecule has 6 rings (SSSR count). The van der Waals surface area contributed by atoms with Crippen LogP contribution in [-0.4, -0.2) is 19.5 Å². The molecular formula is C22H16N2O5. The highest BCUT2D eigenvalue weighted by atomic mass is 16.7. The third-order valence-corrected chi connectivity index (χ3v) is 5.27. The van der Waals surface area contributed by atoms with E-state index in [-0.39, 0.29) is 19.5 Å². The molecule has 0 spiro atoms. The summed E-state index contributed by atoms with van der Waals surface area (Å²) in [5.74, 6) is 2.57. The number of ether oxygens (including phenoxy) is 4. The van der Waals surface area contributed by atoms with E-state index in [1.54, 1.807) is 4.90 Å². The Bertz CT molecular complexity index is 1150. The molecular weight excluding hydrogens is 372 g/mol. The first-order chi connectivity index (χ1) is 14.3. The van der Waals surface area contributed by atoms with Gasteiger partial charge in [-0.25, -0.2) is 0 Å². The molecule has 7 nitrogen and oxygen atoms in total. The van der Waals surface area contributed by atoms with Crippen LogP contribution in [0.2, 0.25) is 0 Å². The summed E-state index contributed by atoms with van der Waals surface area (Å²) >= 11 is 0. The first kappa shape index (κ1) is 16.1. The fourth-order valence-corrected chi connectivity index (χ4v) is 3.87. The summed E-state index contributed by atoms with van der Waals surface area (Å²) in [5.41, 5.74) is 3.00. The number of para-hydroxylation sites is 1. The van der Waals surface area contributed by atoms with Crippen molar-refractivity contribution in [3.63, 3.8) is 0 Å². The minimum atomic E-state index is -0.424. The molecule has 1 atom stereocenters. The standard InChI is InChI=1S/C22H16N2O5/c25-22-15-3-1-2-4-16(15)23-21(13-5-7-17-19(9-13)28-11-26-17)24(22)14-6-8-18-20(10-14)29-12-27-18/h1-10,21,23H,11-12H2/t21-/m1/s1. The molecule has 3 aromatic carbocycles. The summed E-state index contributed by atoms with van der Waals surface area (Å²) in [7, 11) is 0. The quantitative estimate of drug-likeness (QED) is 0.718. The van der Waals surface area contributed by atoms with E-state index in [1.165, 1.54) is 0 Å². The molecule has 3 aliphatic rings. The van der Waals surface area contributed by atoms with Gasteiger partial charge in [-0.05, 0) is 42.0 Å². The maximum atomic E-state index is 13.5. The van der Waals surface area contributed by atoms with Gasteiger partial charge < -0.3 is 24.3 Å². The number of nitrogens with one attached hydrogen (secondary N) is 1. The van der Waals surface area contributed by atoms with Gasteiger partial charge in [0.2, 0.25) is 13.6 Å². The average molecular weight is 388 g/mol. The van der Waals surface area contributed by atoms with Crippen molar-refractivity contribution in [2.45, 2.75) is 6.17 Å². The zero-order chi connectivity index (χ0) is 19.4. The Hall–Kier alpha value is -3.87. The number of rotatable bonds is 2. The van der Waals surface area contributed by atoms with Crippen LogP contribution in [0, 0.1) is 0 Å². The molecule has 1 N–H and O–H groups in total. The van der Waals surface area contributed by atoms with Crippen molar-refractivity contribution in [1.82, 2.24) is 0 Å². The van der Waals surface area contributed by atoms with Gasteiger partial charge in [-0.15, -0.1) is 0 Å². The van der Waals surface area contributed by atoms with Crippen molar-refractivity contribution in [2.75, 3.05) is 23.8 Å². The maximum Gasteiger partial charge on any atom is 0.262 e. The van der Waals surface area contributed by atoms with Crippen molar-refractivity contribution in [2.24, 2.45) is 0 Å². The number of hydrogen-bond donors (Lipinski definition) is 1. The summed E-state index contributed by atoms with van der Waals surface area (Å²) < 4.78 is 21.9. The van der Waals surface area contributed by atoms with E-state index in [0.29, 0.717) is 34.2 Å². The lowest BCUT2D eigenvalue weighted by molar-refractivity contribution is 0.0975. The zero-order valence-corrected chi connectivity index (χ0v) is 15.3. The fraction of sp³-hybridized carbons (Fsp3) is 0.136. The van der Waals surface area contributed by atoms with Gasteiger partial charge in [0.1, 0.15) is 6.17 Å². The van der Waals surface area contributed by atoms with Crippen LogP contribution in [0.15, 0.2) is 60.7 Å². The largest absolute Gasteiger partial charge is 0.454 e. The van der Waals surface area contributed by atoms with Gasteiger partial charge in [-0.2, -0.15) is 0 Å². The average Bonchev–Trinajstić information content (AvgIpc) is 3.41. The molecule has 1 amide bonds. The smallest absolute Gasteiger partial charge is 0.262 e. The molecule has 0 bridgehead atoms. The van der Waals surface area contributed by atoms with Crippen LogP contribution < -0.4 is 29.2 Å². The Morgan fingerprint density at radius 1 is 0.793 bits per heavy atom. The van der Waals surface area contributed by atoms with Gasteiger partial charge in [0.15, 0.2) is 23.0 Å². The summed E-state index contributed by atoms with van der Waals surface area (Å²) in [6.45, 7) is 0.379. The second-order valence-corrected chi connectivity index (χ2v) is 6.92. The number of nitrogens with zero attached hydrogens (tertiary/aromatic N) is 1. The highest BCUT2D eigenvalue weighted by Gasteiger charge is 2.35. The van der Waals surface area contributed by atoms with Gasteiger partial charge in [0.05, 0.1) is 11.3 Å². The normalized spacial score (nSPS) is 18.4. The third kappa shape index (κ3) is 2.47. The molecule has 0 aliphatic carbocycles. The van der Waals surface area contributed by atoms with Crippen LogP contribution >= 0.6 is 0 Å². The molecule has 0 unspecified atom stereocenters. The molecule has 3 aliphatic heterocycles. The van der Waals surface area contributed by atoms with E-state index in [1.807, 2.05) is 60.7 Å². The molecule has 3 heterocycles.